The van der Waals surface area contributed by atoms with Crippen LogP contribution in [0.15, 0.2) is 61.3 Å². The Labute approximate surface area is 141 Å². The summed E-state index contributed by atoms with van der Waals surface area (Å²) < 4.78 is 1.80. The fourth-order valence-electron chi connectivity index (χ4n) is 2.33. The molecule has 5 heteroatoms. The van der Waals surface area contributed by atoms with E-state index >= 15 is 0 Å². The highest BCUT2D eigenvalue weighted by Crippen LogP contribution is 2.22. The average molecular weight is 320 g/mol. The molecule has 0 aliphatic heterocycles. The van der Waals surface area contributed by atoms with Crippen LogP contribution in [0.3, 0.4) is 0 Å². The van der Waals surface area contributed by atoms with Crippen molar-refractivity contribution < 1.29 is 4.79 Å². The van der Waals surface area contributed by atoms with Crippen LogP contribution in [0.5, 0.6) is 0 Å². The van der Waals surface area contributed by atoms with Gasteiger partial charge in [0.15, 0.2) is 0 Å². The molecule has 122 valence electrons. The van der Waals surface area contributed by atoms with Gasteiger partial charge in [0, 0.05) is 18.0 Å². The van der Waals surface area contributed by atoms with E-state index < -0.39 is 0 Å². The third kappa shape index (κ3) is 3.51. The molecule has 0 spiro atoms. The Balaban J connectivity index is 1.70. The fraction of sp³-hybridized carbons (Fsp3) is 0.211. The predicted octanol–water partition coefficient (Wildman–Crippen LogP) is 3.82. The topological polar surface area (TPSA) is 59.8 Å². The molecule has 0 atom stereocenters. The molecule has 0 radical (unpaired) electrons. The number of rotatable bonds is 3. The number of hydrogen-bond donors (Lipinski definition) is 1. The molecule has 0 saturated heterocycles. The van der Waals surface area contributed by atoms with Gasteiger partial charge in [0.1, 0.15) is 12.1 Å². The first-order valence-electron chi connectivity index (χ1n) is 7.80. The smallest absolute Gasteiger partial charge is 0.255 e. The number of benzene rings is 1. The molecular formula is C19H20N4O. The fourth-order valence-corrected chi connectivity index (χ4v) is 2.33. The van der Waals surface area contributed by atoms with Crippen molar-refractivity contribution in [1.29, 1.82) is 0 Å². The van der Waals surface area contributed by atoms with E-state index in [2.05, 4.69) is 36.1 Å². The van der Waals surface area contributed by atoms with Crippen LogP contribution in [0.4, 0.5) is 5.69 Å². The largest absolute Gasteiger partial charge is 0.321 e. The van der Waals surface area contributed by atoms with Crippen LogP contribution in [0, 0.1) is 0 Å². The van der Waals surface area contributed by atoms with Crippen molar-refractivity contribution >= 4 is 11.6 Å². The highest BCUT2D eigenvalue weighted by molar-refractivity contribution is 6.04. The molecule has 1 amide bonds. The van der Waals surface area contributed by atoms with Crippen molar-refractivity contribution in [3.63, 3.8) is 0 Å². The second-order valence-corrected chi connectivity index (χ2v) is 6.66. The van der Waals surface area contributed by atoms with E-state index in [1.807, 2.05) is 42.6 Å². The molecule has 2 aromatic heterocycles. The van der Waals surface area contributed by atoms with Crippen molar-refractivity contribution in [2.24, 2.45) is 0 Å². The second-order valence-electron chi connectivity index (χ2n) is 6.66. The number of carbonyl (C=O) groups is 1. The predicted molar refractivity (Wildman–Crippen MR) is 94.5 cm³/mol. The first-order chi connectivity index (χ1) is 11.4. The van der Waals surface area contributed by atoms with Crippen molar-refractivity contribution in [3.8, 4) is 5.82 Å². The second kappa shape index (κ2) is 6.28. The van der Waals surface area contributed by atoms with Gasteiger partial charge < -0.3 is 5.32 Å². The molecule has 1 aromatic carbocycles. The summed E-state index contributed by atoms with van der Waals surface area (Å²) in [6, 6.07) is 11.3. The number of pyridine rings is 1. The number of amides is 1. The highest BCUT2D eigenvalue weighted by Gasteiger charge is 2.14. The number of aromatic nitrogens is 3. The summed E-state index contributed by atoms with van der Waals surface area (Å²) in [7, 11) is 0. The summed E-state index contributed by atoms with van der Waals surface area (Å²) in [5.74, 6) is 0.604. The summed E-state index contributed by atoms with van der Waals surface area (Å²) in [5.41, 5.74) is 2.55. The lowest BCUT2D eigenvalue weighted by Crippen LogP contribution is -2.14. The van der Waals surface area contributed by atoms with Gasteiger partial charge in [-0.2, -0.15) is 0 Å². The first-order valence-corrected chi connectivity index (χ1v) is 7.80. The van der Waals surface area contributed by atoms with Gasteiger partial charge in [0.2, 0.25) is 0 Å². The Hall–Kier alpha value is -2.95. The number of anilines is 1. The van der Waals surface area contributed by atoms with Crippen LogP contribution in [-0.4, -0.2) is 20.4 Å². The van der Waals surface area contributed by atoms with E-state index in [9.17, 15) is 4.79 Å². The van der Waals surface area contributed by atoms with Gasteiger partial charge in [-0.25, -0.2) is 9.97 Å². The van der Waals surface area contributed by atoms with Gasteiger partial charge in [-0.3, -0.25) is 9.36 Å². The Morgan fingerprint density at radius 3 is 2.38 bits per heavy atom. The van der Waals surface area contributed by atoms with E-state index in [-0.39, 0.29) is 11.3 Å². The Bertz CT molecular complexity index is 813. The number of nitrogens with zero attached hydrogens (tertiary/aromatic N) is 3. The van der Waals surface area contributed by atoms with Gasteiger partial charge in [0.05, 0.1) is 11.9 Å². The maximum atomic E-state index is 12.3. The van der Waals surface area contributed by atoms with Crippen LogP contribution >= 0.6 is 0 Å². The minimum Gasteiger partial charge on any atom is -0.321 e. The molecule has 0 bridgehead atoms. The third-order valence-corrected chi connectivity index (χ3v) is 3.79. The van der Waals surface area contributed by atoms with E-state index in [0.717, 1.165) is 5.82 Å². The van der Waals surface area contributed by atoms with E-state index in [1.54, 1.807) is 23.3 Å². The van der Waals surface area contributed by atoms with Gasteiger partial charge in [0.25, 0.3) is 5.91 Å². The summed E-state index contributed by atoms with van der Waals surface area (Å²) in [4.78, 5) is 20.6. The number of imidazole rings is 1. The van der Waals surface area contributed by atoms with Gasteiger partial charge in [-0.1, -0.05) is 32.9 Å². The maximum absolute atomic E-state index is 12.3. The number of carbonyl (C=O) groups excluding carboxylic acids is 1. The highest BCUT2D eigenvalue weighted by atomic mass is 16.1. The van der Waals surface area contributed by atoms with Gasteiger partial charge >= 0.3 is 0 Å². The Kier molecular flexibility index (Phi) is 4.16. The van der Waals surface area contributed by atoms with E-state index in [4.69, 9.17) is 0 Å². The summed E-state index contributed by atoms with van der Waals surface area (Å²) in [6.07, 6.45) is 6.82. The molecule has 0 aliphatic rings. The molecule has 2 heterocycles. The summed E-state index contributed by atoms with van der Waals surface area (Å²) >= 11 is 0. The molecule has 0 unspecified atom stereocenters. The van der Waals surface area contributed by atoms with Crippen molar-refractivity contribution in [1.82, 2.24) is 14.5 Å². The minimum atomic E-state index is -0.146. The van der Waals surface area contributed by atoms with E-state index in [0.29, 0.717) is 11.3 Å². The minimum absolute atomic E-state index is 0.0715. The normalized spacial score (nSPS) is 11.3. The summed E-state index contributed by atoms with van der Waals surface area (Å²) in [6.45, 7) is 6.45. The lowest BCUT2D eigenvalue weighted by molar-refractivity contribution is 0.102. The zero-order chi connectivity index (χ0) is 17.2. The zero-order valence-electron chi connectivity index (χ0n) is 14.0. The lowest BCUT2D eigenvalue weighted by atomic mass is 9.87. The maximum Gasteiger partial charge on any atom is 0.255 e. The van der Waals surface area contributed by atoms with Crippen molar-refractivity contribution in [2.75, 3.05) is 5.32 Å². The number of hydrogen-bond acceptors (Lipinski definition) is 3. The lowest BCUT2D eigenvalue weighted by Gasteiger charge is -2.19. The Morgan fingerprint density at radius 1 is 1.08 bits per heavy atom. The molecule has 0 saturated carbocycles. The van der Waals surface area contributed by atoms with Crippen LogP contribution < -0.4 is 5.32 Å². The van der Waals surface area contributed by atoms with Gasteiger partial charge in [-0.15, -0.1) is 0 Å². The molecule has 1 N–H and O–H groups in total. The molecule has 3 rings (SSSR count). The molecule has 0 aliphatic carbocycles. The van der Waals surface area contributed by atoms with Gasteiger partial charge in [-0.05, 0) is 35.2 Å². The van der Waals surface area contributed by atoms with E-state index in [1.165, 1.54) is 5.56 Å². The van der Waals surface area contributed by atoms with Crippen molar-refractivity contribution in [2.45, 2.75) is 26.2 Å². The standard InChI is InChI=1S/C19H20N4O/c1-19(2,3)15-6-4-14(5-7-15)18(24)22-16-8-9-17(21-12-16)23-11-10-20-13-23/h4-13H,1-3H3,(H,22,24). The average Bonchev–Trinajstić information content (AvgIpc) is 3.09. The quantitative estimate of drug-likeness (QED) is 0.798. The van der Waals surface area contributed by atoms with Crippen LogP contribution in [0.25, 0.3) is 5.82 Å². The molecule has 5 nitrogen and oxygen atoms in total. The summed E-state index contributed by atoms with van der Waals surface area (Å²) in [5, 5.41) is 2.86. The van der Waals surface area contributed by atoms with Crippen LogP contribution in [0.1, 0.15) is 36.7 Å². The first kappa shape index (κ1) is 15.9. The zero-order valence-corrected chi connectivity index (χ0v) is 14.0. The SMILES string of the molecule is CC(C)(C)c1ccc(C(=O)Nc2ccc(-n3ccnc3)nc2)cc1. The molecule has 24 heavy (non-hydrogen) atoms. The molecule has 3 aromatic rings. The number of nitrogens with one attached hydrogen (secondary N) is 1. The monoisotopic (exact) mass is 320 g/mol. The van der Waals surface area contributed by atoms with Crippen LogP contribution in [-0.2, 0) is 5.41 Å². The third-order valence-electron chi connectivity index (χ3n) is 3.79. The molecular weight excluding hydrogens is 300 g/mol. The molecule has 0 fully saturated rings. The Morgan fingerprint density at radius 2 is 1.83 bits per heavy atom. The van der Waals surface area contributed by atoms with Crippen LogP contribution in [0.2, 0.25) is 0 Å². The van der Waals surface area contributed by atoms with Crippen molar-refractivity contribution in [3.05, 3.63) is 72.4 Å².